The summed E-state index contributed by atoms with van der Waals surface area (Å²) in [6, 6.07) is 10.6. The molecule has 4 heterocycles. The van der Waals surface area contributed by atoms with E-state index in [0.29, 0.717) is 46.9 Å². The van der Waals surface area contributed by atoms with Crippen LogP contribution >= 0.6 is 23.2 Å². The summed E-state index contributed by atoms with van der Waals surface area (Å²) in [6.07, 6.45) is 7.74. The summed E-state index contributed by atoms with van der Waals surface area (Å²) < 4.78 is 0. The highest BCUT2D eigenvalue weighted by Gasteiger charge is 2.39. The van der Waals surface area contributed by atoms with Crippen molar-refractivity contribution in [3.63, 3.8) is 0 Å². The average Bonchev–Trinajstić information content (AvgIpc) is 3.41. The van der Waals surface area contributed by atoms with Crippen molar-refractivity contribution in [2.45, 2.75) is 37.8 Å². The molecule has 172 valence electrons. The maximum atomic E-state index is 11.9. The van der Waals surface area contributed by atoms with E-state index in [1.807, 2.05) is 24.3 Å². The van der Waals surface area contributed by atoms with Gasteiger partial charge in [-0.1, -0.05) is 23.2 Å². The Morgan fingerprint density at radius 3 is 1.50 bits per heavy atom. The van der Waals surface area contributed by atoms with E-state index in [2.05, 4.69) is 0 Å². The Morgan fingerprint density at radius 2 is 1.12 bits per heavy atom. The molecule has 34 heavy (non-hydrogen) atoms. The number of hydrogen-bond donors (Lipinski definition) is 0. The van der Waals surface area contributed by atoms with Gasteiger partial charge in [-0.25, -0.2) is 0 Å². The molecule has 0 radical (unpaired) electrons. The highest BCUT2D eigenvalue weighted by atomic mass is 35.5. The van der Waals surface area contributed by atoms with Crippen molar-refractivity contribution >= 4 is 71.1 Å². The predicted octanol–water partition coefficient (Wildman–Crippen LogP) is 4.86. The van der Waals surface area contributed by atoms with Crippen LogP contribution in [0.3, 0.4) is 0 Å². The van der Waals surface area contributed by atoms with Crippen LogP contribution in [-0.4, -0.2) is 36.5 Å². The Bertz CT molecular complexity index is 1200. The molecule has 0 unspecified atom stereocenters. The maximum absolute atomic E-state index is 11.9. The minimum Gasteiger partial charge on any atom is -0.304 e. The molecule has 4 aliphatic heterocycles. The minimum absolute atomic E-state index is 0.0750. The lowest BCUT2D eigenvalue weighted by Crippen LogP contribution is -2.37. The van der Waals surface area contributed by atoms with Crippen molar-refractivity contribution in [2.24, 2.45) is 0 Å². The summed E-state index contributed by atoms with van der Waals surface area (Å²) in [5, 5.41) is 1.21. The molecule has 2 saturated heterocycles. The number of carbonyl (C=O) groups excluding carboxylic acids is 4. The molecule has 0 aromatic heterocycles. The molecule has 8 heteroatoms. The number of aldehydes is 2. The van der Waals surface area contributed by atoms with Crippen LogP contribution in [0.1, 0.15) is 36.8 Å². The first-order chi connectivity index (χ1) is 16.4. The molecule has 6 rings (SSSR count). The Balaban J connectivity index is 0.000000142. The molecule has 0 bridgehead atoms. The minimum atomic E-state index is -0.0892. The van der Waals surface area contributed by atoms with Gasteiger partial charge in [-0.2, -0.15) is 0 Å². The zero-order valence-corrected chi connectivity index (χ0v) is 19.6. The van der Waals surface area contributed by atoms with Gasteiger partial charge in [0.05, 0.1) is 23.5 Å². The Kier molecular flexibility index (Phi) is 5.88. The van der Waals surface area contributed by atoms with Gasteiger partial charge in [0.1, 0.15) is 12.6 Å². The van der Waals surface area contributed by atoms with Crippen LogP contribution < -0.4 is 9.80 Å². The lowest BCUT2D eigenvalue weighted by atomic mass is 9.97. The van der Waals surface area contributed by atoms with E-state index in [1.165, 1.54) is 0 Å². The van der Waals surface area contributed by atoms with E-state index in [0.717, 1.165) is 35.1 Å². The monoisotopic (exact) mass is 494 g/mol. The van der Waals surface area contributed by atoms with Crippen molar-refractivity contribution < 1.29 is 19.2 Å². The molecule has 0 spiro atoms. The number of rotatable bonds is 2. The number of hydrogen-bond acceptors (Lipinski definition) is 4. The van der Waals surface area contributed by atoms with Crippen LogP contribution in [0, 0.1) is 0 Å². The maximum Gasteiger partial charge on any atom is 0.227 e. The Labute approximate surface area is 206 Å². The van der Waals surface area contributed by atoms with Crippen LogP contribution in [0.5, 0.6) is 0 Å². The Hall–Kier alpha value is -3.22. The fourth-order valence-electron chi connectivity index (χ4n) is 5.10. The lowest BCUT2D eigenvalue weighted by Gasteiger charge is -2.30. The van der Waals surface area contributed by atoms with Crippen molar-refractivity contribution in [1.29, 1.82) is 0 Å². The molecule has 6 nitrogen and oxygen atoms in total. The van der Waals surface area contributed by atoms with Gasteiger partial charge in [0.2, 0.25) is 11.8 Å². The first kappa shape index (κ1) is 22.6. The fourth-order valence-corrected chi connectivity index (χ4v) is 5.46. The summed E-state index contributed by atoms with van der Waals surface area (Å²) in [4.78, 5) is 49.3. The first-order valence-corrected chi connectivity index (χ1v) is 11.7. The van der Waals surface area contributed by atoms with E-state index in [1.54, 1.807) is 34.1 Å². The number of fused-ring (bicyclic) bond motifs is 6. The number of carbonyl (C=O) groups is 4. The number of amides is 2. The lowest BCUT2D eigenvalue weighted by molar-refractivity contribution is -0.118. The summed E-state index contributed by atoms with van der Waals surface area (Å²) in [5.74, 6) is 0.150. The van der Waals surface area contributed by atoms with E-state index in [4.69, 9.17) is 23.2 Å². The van der Waals surface area contributed by atoms with Crippen molar-refractivity contribution in [3.8, 4) is 0 Å². The number of anilines is 2. The highest BCUT2D eigenvalue weighted by Crippen LogP contribution is 2.40. The molecular formula is C26H20Cl2N2O4. The zero-order valence-electron chi connectivity index (χ0n) is 18.0. The van der Waals surface area contributed by atoms with Gasteiger partial charge in [-0.15, -0.1) is 0 Å². The van der Waals surface area contributed by atoms with E-state index < -0.39 is 0 Å². The predicted molar refractivity (Wildman–Crippen MR) is 132 cm³/mol. The number of nitrogens with zero attached hydrogens (tertiary/aromatic N) is 2. The van der Waals surface area contributed by atoms with E-state index in [-0.39, 0.29) is 23.9 Å². The van der Waals surface area contributed by atoms with Gasteiger partial charge >= 0.3 is 0 Å². The molecule has 2 aromatic carbocycles. The Morgan fingerprint density at radius 1 is 0.706 bits per heavy atom. The van der Waals surface area contributed by atoms with Crippen LogP contribution in [0.15, 0.2) is 47.5 Å². The molecule has 0 N–H and O–H groups in total. The molecular weight excluding hydrogens is 475 g/mol. The third-order valence-corrected chi connectivity index (χ3v) is 7.08. The summed E-state index contributed by atoms with van der Waals surface area (Å²) in [5.41, 5.74) is 4.70. The molecule has 0 saturated carbocycles. The molecule has 4 aliphatic rings. The highest BCUT2D eigenvalue weighted by molar-refractivity contribution is 6.31. The molecule has 2 fully saturated rings. The second kappa shape index (κ2) is 8.85. The quantitative estimate of drug-likeness (QED) is 0.558. The average molecular weight is 495 g/mol. The van der Waals surface area contributed by atoms with Gasteiger partial charge in [-0.05, 0) is 61.4 Å². The van der Waals surface area contributed by atoms with Gasteiger partial charge in [-0.3, -0.25) is 19.2 Å². The normalized spacial score (nSPS) is 21.9. The van der Waals surface area contributed by atoms with Crippen LogP contribution in [0.4, 0.5) is 11.4 Å². The summed E-state index contributed by atoms with van der Waals surface area (Å²) >= 11 is 11.9. The van der Waals surface area contributed by atoms with Crippen molar-refractivity contribution in [1.82, 2.24) is 0 Å². The SMILES string of the molecule is O=CC1=Cc2cc(Cl)ccc2N2C(=O)CC[C@H]12.O=CC1=Cc2cc(Cl)ccc2N2C(=O)CC[C@H]12. The van der Waals surface area contributed by atoms with Crippen LogP contribution in [0.2, 0.25) is 10.0 Å². The molecule has 2 atom stereocenters. The molecule has 0 aliphatic carbocycles. The van der Waals surface area contributed by atoms with Gasteiger partial charge in [0, 0.05) is 45.2 Å². The van der Waals surface area contributed by atoms with Gasteiger partial charge in [0.15, 0.2) is 0 Å². The summed E-state index contributed by atoms with van der Waals surface area (Å²) in [6.45, 7) is 0. The second-order valence-corrected chi connectivity index (χ2v) is 9.44. The largest absolute Gasteiger partial charge is 0.304 e. The van der Waals surface area contributed by atoms with Gasteiger partial charge in [0.25, 0.3) is 0 Å². The third-order valence-electron chi connectivity index (χ3n) is 6.61. The first-order valence-electron chi connectivity index (χ1n) is 11.0. The van der Waals surface area contributed by atoms with E-state index in [9.17, 15) is 19.2 Å². The third kappa shape index (κ3) is 3.77. The smallest absolute Gasteiger partial charge is 0.227 e. The van der Waals surface area contributed by atoms with E-state index >= 15 is 0 Å². The van der Waals surface area contributed by atoms with Gasteiger partial charge < -0.3 is 9.80 Å². The number of halogens is 2. The topological polar surface area (TPSA) is 74.8 Å². The standard InChI is InChI=1S/2C13H10ClNO2/c2*14-10-1-2-11-8(6-10)5-9(7-16)12-3-4-13(17)15(11)12/h2*1-2,5-7,12H,3-4H2/t2*12-/m11/s1. The second-order valence-electron chi connectivity index (χ2n) is 8.57. The van der Waals surface area contributed by atoms with Crippen molar-refractivity contribution in [3.05, 3.63) is 68.7 Å². The molecule has 2 aromatic rings. The molecule has 2 amide bonds. The zero-order chi connectivity index (χ0) is 24.0. The van der Waals surface area contributed by atoms with Crippen LogP contribution in [0.25, 0.3) is 12.2 Å². The summed E-state index contributed by atoms with van der Waals surface area (Å²) in [7, 11) is 0. The van der Waals surface area contributed by atoms with Crippen molar-refractivity contribution in [2.75, 3.05) is 9.80 Å². The fraction of sp³-hybridized carbons (Fsp3) is 0.231. The number of benzene rings is 2. The van der Waals surface area contributed by atoms with Crippen LogP contribution in [-0.2, 0) is 19.2 Å².